The minimum atomic E-state index is 0.738. The third-order valence-corrected chi connectivity index (χ3v) is 7.24. The standard InChI is InChI=1S/C28H40O/c1-3-5-22-29-28-20-14-25(15-21-28)9-7-6-8-24-12-18-27(19-13-24)26-16-10-23(4-2)11-17-26/h6,8,14-15,20-21,23-24,26-27H,3-5,10-13,16-19,22H2,1-2H3. The predicted octanol–water partition coefficient (Wildman–Crippen LogP) is 7.80. The van der Waals surface area contributed by atoms with Crippen molar-refractivity contribution in [1.82, 2.24) is 0 Å². The van der Waals surface area contributed by atoms with Crippen molar-refractivity contribution in [3.63, 3.8) is 0 Å². The fourth-order valence-electron chi connectivity index (χ4n) is 5.15. The van der Waals surface area contributed by atoms with Crippen LogP contribution in [0.4, 0.5) is 0 Å². The number of hydrogen-bond donors (Lipinski definition) is 0. The van der Waals surface area contributed by atoms with Gasteiger partial charge in [0.15, 0.2) is 0 Å². The molecule has 0 saturated heterocycles. The van der Waals surface area contributed by atoms with Gasteiger partial charge in [-0.05, 0) is 99.0 Å². The molecule has 0 atom stereocenters. The Kier molecular flexibility index (Phi) is 9.20. The van der Waals surface area contributed by atoms with Gasteiger partial charge in [0.2, 0.25) is 0 Å². The fraction of sp³-hybridized carbons (Fsp3) is 0.643. The molecule has 0 spiro atoms. The second kappa shape index (κ2) is 12.1. The number of unbranched alkanes of at least 4 members (excludes halogenated alkanes) is 1. The second-order valence-electron chi connectivity index (χ2n) is 9.22. The zero-order valence-electron chi connectivity index (χ0n) is 18.7. The first-order valence-corrected chi connectivity index (χ1v) is 12.2. The van der Waals surface area contributed by atoms with E-state index in [0.717, 1.165) is 54.4 Å². The zero-order chi connectivity index (χ0) is 20.3. The molecule has 1 aromatic carbocycles. The van der Waals surface area contributed by atoms with Gasteiger partial charge in [-0.25, -0.2) is 0 Å². The highest BCUT2D eigenvalue weighted by atomic mass is 16.5. The third-order valence-electron chi connectivity index (χ3n) is 7.24. The van der Waals surface area contributed by atoms with Crippen molar-refractivity contribution in [2.45, 2.75) is 84.5 Å². The minimum Gasteiger partial charge on any atom is -0.494 e. The highest BCUT2D eigenvalue weighted by Gasteiger charge is 2.29. The van der Waals surface area contributed by atoms with E-state index in [1.807, 2.05) is 12.1 Å². The number of hydrogen-bond acceptors (Lipinski definition) is 1. The second-order valence-corrected chi connectivity index (χ2v) is 9.22. The van der Waals surface area contributed by atoms with Crippen molar-refractivity contribution >= 4 is 0 Å². The summed E-state index contributed by atoms with van der Waals surface area (Å²) in [6.07, 6.45) is 19.7. The molecule has 0 heterocycles. The van der Waals surface area contributed by atoms with Crippen LogP contribution in [-0.2, 0) is 0 Å². The van der Waals surface area contributed by atoms with Crippen LogP contribution in [0.1, 0.15) is 90.0 Å². The maximum absolute atomic E-state index is 5.71. The van der Waals surface area contributed by atoms with Crippen LogP contribution >= 0.6 is 0 Å². The SMILES string of the molecule is CCCCOc1ccc(C#CC=CC2CCC(C3CCC(CC)CC3)CC2)cc1. The van der Waals surface area contributed by atoms with Crippen LogP contribution in [0.3, 0.4) is 0 Å². The van der Waals surface area contributed by atoms with Crippen LogP contribution in [0.2, 0.25) is 0 Å². The van der Waals surface area contributed by atoms with Gasteiger partial charge in [-0.15, -0.1) is 0 Å². The number of rotatable bonds is 7. The fourth-order valence-corrected chi connectivity index (χ4v) is 5.15. The summed E-state index contributed by atoms with van der Waals surface area (Å²) in [5, 5.41) is 0. The lowest BCUT2D eigenvalue weighted by Crippen LogP contribution is -2.25. The molecule has 2 aliphatic rings. The first-order chi connectivity index (χ1) is 14.3. The molecule has 0 bridgehead atoms. The summed E-state index contributed by atoms with van der Waals surface area (Å²) < 4.78 is 5.71. The Morgan fingerprint density at radius 2 is 1.55 bits per heavy atom. The van der Waals surface area contributed by atoms with Gasteiger partial charge < -0.3 is 4.74 Å². The molecule has 0 aliphatic heterocycles. The Balaban J connectivity index is 1.38. The van der Waals surface area contributed by atoms with E-state index in [1.165, 1.54) is 57.8 Å². The van der Waals surface area contributed by atoms with Crippen molar-refractivity contribution in [2.75, 3.05) is 6.61 Å². The normalized spacial score (nSPS) is 27.4. The van der Waals surface area contributed by atoms with E-state index in [2.05, 4.69) is 50.0 Å². The third kappa shape index (κ3) is 7.26. The highest BCUT2D eigenvalue weighted by Crippen LogP contribution is 2.42. The highest BCUT2D eigenvalue weighted by molar-refractivity contribution is 5.40. The molecule has 29 heavy (non-hydrogen) atoms. The van der Waals surface area contributed by atoms with Crippen molar-refractivity contribution in [3.8, 4) is 17.6 Å². The lowest BCUT2D eigenvalue weighted by Gasteiger charge is -2.37. The van der Waals surface area contributed by atoms with E-state index in [4.69, 9.17) is 4.74 Å². The first kappa shape index (κ1) is 22.0. The summed E-state index contributed by atoms with van der Waals surface area (Å²) in [4.78, 5) is 0. The van der Waals surface area contributed by atoms with E-state index in [1.54, 1.807) is 0 Å². The van der Waals surface area contributed by atoms with Gasteiger partial charge in [0.25, 0.3) is 0 Å². The van der Waals surface area contributed by atoms with Crippen LogP contribution < -0.4 is 4.74 Å². The first-order valence-electron chi connectivity index (χ1n) is 12.2. The van der Waals surface area contributed by atoms with Crippen LogP contribution in [-0.4, -0.2) is 6.61 Å². The van der Waals surface area contributed by atoms with Crippen molar-refractivity contribution in [1.29, 1.82) is 0 Å². The van der Waals surface area contributed by atoms with Gasteiger partial charge >= 0.3 is 0 Å². The van der Waals surface area contributed by atoms with E-state index in [0.29, 0.717) is 0 Å². The van der Waals surface area contributed by atoms with E-state index in [9.17, 15) is 0 Å². The monoisotopic (exact) mass is 392 g/mol. The van der Waals surface area contributed by atoms with Crippen LogP contribution in [0.15, 0.2) is 36.4 Å². The quantitative estimate of drug-likeness (QED) is 0.340. The summed E-state index contributed by atoms with van der Waals surface area (Å²) in [7, 11) is 0. The molecule has 1 nitrogen and oxygen atoms in total. The number of benzene rings is 1. The molecule has 0 aromatic heterocycles. The summed E-state index contributed by atoms with van der Waals surface area (Å²) in [6.45, 7) is 5.34. The lowest BCUT2D eigenvalue weighted by atomic mass is 9.69. The average Bonchev–Trinajstić information content (AvgIpc) is 2.78. The maximum atomic E-state index is 5.71. The van der Waals surface area contributed by atoms with Gasteiger partial charge in [-0.2, -0.15) is 0 Å². The Bertz CT molecular complexity index is 659. The van der Waals surface area contributed by atoms with Gasteiger partial charge in [0, 0.05) is 5.56 Å². The average molecular weight is 393 g/mol. The summed E-state index contributed by atoms with van der Waals surface area (Å²) >= 11 is 0. The van der Waals surface area contributed by atoms with Crippen LogP contribution in [0.25, 0.3) is 0 Å². The largest absolute Gasteiger partial charge is 0.494 e. The Morgan fingerprint density at radius 3 is 2.17 bits per heavy atom. The van der Waals surface area contributed by atoms with Crippen molar-refractivity contribution in [2.24, 2.45) is 23.7 Å². The van der Waals surface area contributed by atoms with Crippen LogP contribution in [0, 0.1) is 35.5 Å². The lowest BCUT2D eigenvalue weighted by molar-refractivity contribution is 0.154. The Labute approximate surface area is 179 Å². The molecule has 2 fully saturated rings. The zero-order valence-corrected chi connectivity index (χ0v) is 18.7. The molecule has 0 radical (unpaired) electrons. The van der Waals surface area contributed by atoms with E-state index >= 15 is 0 Å². The molecular weight excluding hydrogens is 352 g/mol. The molecular formula is C28H40O. The van der Waals surface area contributed by atoms with Crippen molar-refractivity contribution < 1.29 is 4.74 Å². The number of ether oxygens (including phenoxy) is 1. The Hall–Kier alpha value is -1.68. The van der Waals surface area contributed by atoms with E-state index < -0.39 is 0 Å². The molecule has 3 rings (SSSR count). The van der Waals surface area contributed by atoms with E-state index in [-0.39, 0.29) is 0 Å². The van der Waals surface area contributed by atoms with Gasteiger partial charge in [0.05, 0.1) is 6.61 Å². The molecule has 0 unspecified atom stereocenters. The summed E-state index contributed by atoms with van der Waals surface area (Å²) in [5.74, 6) is 11.2. The van der Waals surface area contributed by atoms with Gasteiger partial charge in [-0.3, -0.25) is 0 Å². The Morgan fingerprint density at radius 1 is 0.897 bits per heavy atom. The van der Waals surface area contributed by atoms with Gasteiger partial charge in [-0.1, -0.05) is 57.4 Å². The summed E-state index contributed by atoms with van der Waals surface area (Å²) in [6, 6.07) is 8.17. The molecule has 0 amide bonds. The molecule has 1 aromatic rings. The topological polar surface area (TPSA) is 9.23 Å². The van der Waals surface area contributed by atoms with Crippen molar-refractivity contribution in [3.05, 3.63) is 42.0 Å². The molecule has 0 N–H and O–H groups in total. The molecule has 1 heteroatoms. The summed E-state index contributed by atoms with van der Waals surface area (Å²) in [5.41, 5.74) is 1.06. The molecule has 2 saturated carbocycles. The minimum absolute atomic E-state index is 0.738. The van der Waals surface area contributed by atoms with Crippen LogP contribution in [0.5, 0.6) is 5.75 Å². The number of allylic oxidation sites excluding steroid dienone is 2. The van der Waals surface area contributed by atoms with Gasteiger partial charge in [0.1, 0.15) is 5.75 Å². The molecule has 2 aliphatic carbocycles. The smallest absolute Gasteiger partial charge is 0.119 e. The predicted molar refractivity (Wildman–Crippen MR) is 124 cm³/mol. The maximum Gasteiger partial charge on any atom is 0.119 e. The molecule has 158 valence electrons.